The molecule has 0 radical (unpaired) electrons. The van der Waals surface area contributed by atoms with Crippen LogP contribution in [0.25, 0.3) is 27.7 Å². The molecule has 4 rings (SSSR count). The van der Waals surface area contributed by atoms with Crippen LogP contribution in [0.3, 0.4) is 0 Å². The SMILES string of the molecule is CCOc1cc2occ(-c3cc(OC)ccc3OC)c2cc1/C(C)=C/C(=O)Nc1cccnc1Cl. The van der Waals surface area contributed by atoms with Crippen molar-refractivity contribution in [2.75, 3.05) is 26.1 Å². The van der Waals surface area contributed by atoms with E-state index in [4.69, 9.17) is 30.2 Å². The first-order valence-electron chi connectivity index (χ1n) is 11.0. The molecule has 0 unspecified atom stereocenters. The molecule has 2 aromatic carbocycles. The van der Waals surface area contributed by atoms with Crippen LogP contribution in [0.1, 0.15) is 19.4 Å². The van der Waals surface area contributed by atoms with Crippen molar-refractivity contribution in [3.63, 3.8) is 0 Å². The molecule has 1 amide bonds. The average molecular weight is 493 g/mol. The van der Waals surface area contributed by atoms with E-state index in [0.29, 0.717) is 40.7 Å². The summed E-state index contributed by atoms with van der Waals surface area (Å²) >= 11 is 6.07. The van der Waals surface area contributed by atoms with Crippen LogP contribution in [0.15, 0.2) is 65.4 Å². The number of anilines is 1. The Balaban J connectivity index is 1.79. The summed E-state index contributed by atoms with van der Waals surface area (Å²) in [6, 6.07) is 12.8. The van der Waals surface area contributed by atoms with Crippen LogP contribution in [0.2, 0.25) is 5.15 Å². The lowest BCUT2D eigenvalue weighted by Crippen LogP contribution is -2.09. The predicted molar refractivity (Wildman–Crippen MR) is 137 cm³/mol. The van der Waals surface area contributed by atoms with Gasteiger partial charge in [-0.3, -0.25) is 4.79 Å². The summed E-state index contributed by atoms with van der Waals surface area (Å²) in [6.07, 6.45) is 4.74. The van der Waals surface area contributed by atoms with Crippen molar-refractivity contribution in [1.29, 1.82) is 0 Å². The van der Waals surface area contributed by atoms with E-state index in [1.807, 2.05) is 44.2 Å². The van der Waals surface area contributed by atoms with E-state index < -0.39 is 0 Å². The van der Waals surface area contributed by atoms with Gasteiger partial charge in [0.25, 0.3) is 0 Å². The number of carbonyl (C=O) groups excluding carboxylic acids is 1. The van der Waals surface area contributed by atoms with Crippen LogP contribution >= 0.6 is 11.6 Å². The molecule has 35 heavy (non-hydrogen) atoms. The van der Waals surface area contributed by atoms with Crippen molar-refractivity contribution in [1.82, 2.24) is 4.98 Å². The number of methoxy groups -OCH3 is 2. The quantitative estimate of drug-likeness (QED) is 0.220. The molecule has 0 fully saturated rings. The van der Waals surface area contributed by atoms with Gasteiger partial charge in [-0.05, 0) is 55.8 Å². The highest BCUT2D eigenvalue weighted by molar-refractivity contribution is 6.32. The van der Waals surface area contributed by atoms with Crippen molar-refractivity contribution < 1.29 is 23.4 Å². The van der Waals surface area contributed by atoms with Gasteiger partial charge in [0.15, 0.2) is 5.15 Å². The van der Waals surface area contributed by atoms with E-state index in [1.54, 1.807) is 38.8 Å². The Bertz CT molecular complexity index is 1410. The first kappa shape index (κ1) is 24.2. The van der Waals surface area contributed by atoms with E-state index in [-0.39, 0.29) is 11.1 Å². The molecular formula is C27H25ClN2O5. The number of hydrogen-bond donors (Lipinski definition) is 1. The van der Waals surface area contributed by atoms with Crippen molar-refractivity contribution in [2.45, 2.75) is 13.8 Å². The molecule has 0 aliphatic heterocycles. The second-order valence-corrected chi connectivity index (χ2v) is 8.01. The van der Waals surface area contributed by atoms with Crippen LogP contribution in [0.4, 0.5) is 5.69 Å². The summed E-state index contributed by atoms with van der Waals surface area (Å²) < 4.78 is 22.7. The standard InChI is InChI=1S/C27H25ClN2O5/c1-5-34-24-14-25-20(21(15-35-25)19-12-17(32-3)8-9-23(19)33-4)13-18(24)16(2)11-26(31)30-22-7-6-10-29-27(22)28/h6-15H,5H2,1-4H3,(H,30,31)/b16-11+. The highest BCUT2D eigenvalue weighted by Crippen LogP contribution is 2.41. The van der Waals surface area contributed by atoms with Crippen LogP contribution in [-0.4, -0.2) is 31.7 Å². The minimum atomic E-state index is -0.332. The summed E-state index contributed by atoms with van der Waals surface area (Å²) in [5, 5.41) is 3.83. The highest BCUT2D eigenvalue weighted by atomic mass is 35.5. The molecule has 0 aliphatic carbocycles. The number of ether oxygens (including phenoxy) is 3. The summed E-state index contributed by atoms with van der Waals surface area (Å²) in [7, 11) is 3.23. The number of fused-ring (bicyclic) bond motifs is 1. The number of rotatable bonds is 8. The zero-order valence-corrected chi connectivity index (χ0v) is 20.6. The smallest absolute Gasteiger partial charge is 0.248 e. The van der Waals surface area contributed by atoms with Gasteiger partial charge in [-0.15, -0.1) is 0 Å². The van der Waals surface area contributed by atoms with Gasteiger partial charge in [-0.25, -0.2) is 4.98 Å². The van der Waals surface area contributed by atoms with Crippen LogP contribution in [0, 0.1) is 0 Å². The second kappa shape index (κ2) is 10.5. The third-order valence-electron chi connectivity index (χ3n) is 5.46. The number of pyridine rings is 1. The normalized spacial score (nSPS) is 11.4. The number of carbonyl (C=O) groups is 1. The second-order valence-electron chi connectivity index (χ2n) is 7.65. The topological polar surface area (TPSA) is 82.8 Å². The first-order chi connectivity index (χ1) is 16.9. The summed E-state index contributed by atoms with van der Waals surface area (Å²) in [6.45, 7) is 4.21. The number of nitrogens with zero attached hydrogens (tertiary/aromatic N) is 1. The molecule has 4 aromatic rings. The predicted octanol–water partition coefficient (Wildman–Crippen LogP) is 6.61. The fraction of sp³-hybridized carbons (Fsp3) is 0.185. The summed E-state index contributed by atoms with van der Waals surface area (Å²) in [5.41, 5.74) is 4.21. The van der Waals surface area contributed by atoms with Gasteiger partial charge in [0.2, 0.25) is 5.91 Å². The number of aromatic nitrogens is 1. The Kier molecular flexibility index (Phi) is 7.27. The van der Waals surface area contributed by atoms with E-state index in [9.17, 15) is 4.79 Å². The lowest BCUT2D eigenvalue weighted by Gasteiger charge is -2.13. The zero-order valence-electron chi connectivity index (χ0n) is 19.8. The molecule has 0 saturated carbocycles. The Morgan fingerprint density at radius 3 is 2.66 bits per heavy atom. The number of furan rings is 1. The van der Waals surface area contributed by atoms with E-state index in [2.05, 4.69) is 10.3 Å². The molecule has 0 bridgehead atoms. The maximum absolute atomic E-state index is 12.7. The maximum atomic E-state index is 12.7. The van der Waals surface area contributed by atoms with Gasteiger partial charge in [0, 0.05) is 40.4 Å². The van der Waals surface area contributed by atoms with Gasteiger partial charge in [-0.2, -0.15) is 0 Å². The third-order valence-corrected chi connectivity index (χ3v) is 5.76. The van der Waals surface area contributed by atoms with E-state index in [0.717, 1.165) is 22.1 Å². The third kappa shape index (κ3) is 5.10. The molecule has 0 spiro atoms. The van der Waals surface area contributed by atoms with Gasteiger partial charge in [0.05, 0.1) is 32.8 Å². The van der Waals surface area contributed by atoms with Gasteiger partial charge in [0.1, 0.15) is 22.8 Å². The Labute approximate surface area is 208 Å². The molecule has 1 N–H and O–H groups in total. The Morgan fingerprint density at radius 1 is 1.11 bits per heavy atom. The zero-order chi connectivity index (χ0) is 24.9. The molecule has 2 heterocycles. The fourth-order valence-electron chi connectivity index (χ4n) is 3.79. The van der Waals surface area contributed by atoms with Crippen molar-refractivity contribution in [3.05, 3.63) is 71.7 Å². The lowest BCUT2D eigenvalue weighted by atomic mass is 9.98. The minimum Gasteiger partial charge on any atom is -0.497 e. The van der Waals surface area contributed by atoms with Crippen LogP contribution in [-0.2, 0) is 4.79 Å². The number of amides is 1. The molecule has 0 aliphatic rings. The number of hydrogen-bond acceptors (Lipinski definition) is 6. The number of benzene rings is 2. The van der Waals surface area contributed by atoms with Crippen LogP contribution in [0.5, 0.6) is 17.2 Å². The van der Waals surface area contributed by atoms with E-state index >= 15 is 0 Å². The maximum Gasteiger partial charge on any atom is 0.248 e. The Morgan fingerprint density at radius 2 is 1.94 bits per heavy atom. The van der Waals surface area contributed by atoms with Gasteiger partial charge in [-0.1, -0.05) is 11.6 Å². The lowest BCUT2D eigenvalue weighted by molar-refractivity contribution is -0.111. The van der Waals surface area contributed by atoms with Crippen molar-refractivity contribution in [3.8, 4) is 28.4 Å². The molecular weight excluding hydrogens is 468 g/mol. The molecule has 180 valence electrons. The Hall–Kier alpha value is -3.97. The molecule has 0 atom stereocenters. The first-order valence-corrected chi connectivity index (χ1v) is 11.3. The average Bonchev–Trinajstić information content (AvgIpc) is 3.27. The van der Waals surface area contributed by atoms with Gasteiger partial charge >= 0.3 is 0 Å². The van der Waals surface area contributed by atoms with Crippen LogP contribution < -0.4 is 19.5 Å². The largest absolute Gasteiger partial charge is 0.497 e. The van der Waals surface area contributed by atoms with E-state index in [1.165, 1.54) is 6.08 Å². The summed E-state index contributed by atoms with van der Waals surface area (Å²) in [4.78, 5) is 16.7. The van der Waals surface area contributed by atoms with Crippen molar-refractivity contribution >= 4 is 39.7 Å². The fourth-order valence-corrected chi connectivity index (χ4v) is 3.96. The molecule has 8 heteroatoms. The van der Waals surface area contributed by atoms with Gasteiger partial charge < -0.3 is 23.9 Å². The molecule has 0 saturated heterocycles. The minimum absolute atomic E-state index is 0.221. The monoisotopic (exact) mass is 492 g/mol. The molecule has 2 aromatic heterocycles. The highest BCUT2D eigenvalue weighted by Gasteiger charge is 2.18. The number of halogens is 1. The number of nitrogens with one attached hydrogen (secondary N) is 1. The molecule has 7 nitrogen and oxygen atoms in total. The summed E-state index contributed by atoms with van der Waals surface area (Å²) in [5.74, 6) is 1.66. The van der Waals surface area contributed by atoms with Crippen molar-refractivity contribution in [2.24, 2.45) is 0 Å². The number of allylic oxidation sites excluding steroid dienone is 1.